The SMILES string of the molecule is CN(C)C1N(C)CCC(C#N)N1C. The van der Waals surface area contributed by atoms with E-state index in [0.29, 0.717) is 0 Å². The van der Waals surface area contributed by atoms with Crippen molar-refractivity contribution in [1.29, 1.82) is 5.26 Å². The zero-order valence-corrected chi connectivity index (χ0v) is 8.86. The maximum atomic E-state index is 8.92. The molecule has 0 aliphatic carbocycles. The first-order chi connectivity index (χ1) is 6.07. The molecular weight excluding hydrogens is 164 g/mol. The van der Waals surface area contributed by atoms with Gasteiger partial charge in [0, 0.05) is 6.54 Å². The molecule has 1 aliphatic heterocycles. The Hall–Kier alpha value is -0.630. The van der Waals surface area contributed by atoms with Crippen molar-refractivity contribution < 1.29 is 0 Å². The fraction of sp³-hybridized carbons (Fsp3) is 0.889. The zero-order valence-electron chi connectivity index (χ0n) is 8.86. The maximum absolute atomic E-state index is 8.92. The lowest BCUT2D eigenvalue weighted by atomic mass is 10.1. The molecule has 1 aliphatic rings. The zero-order chi connectivity index (χ0) is 10.0. The summed E-state index contributed by atoms with van der Waals surface area (Å²) in [5.74, 6) is 0. The van der Waals surface area contributed by atoms with Crippen LogP contribution in [0.5, 0.6) is 0 Å². The van der Waals surface area contributed by atoms with Crippen molar-refractivity contribution in [3.8, 4) is 6.07 Å². The average molecular weight is 182 g/mol. The van der Waals surface area contributed by atoms with Gasteiger partial charge in [-0.2, -0.15) is 5.26 Å². The second kappa shape index (κ2) is 4.05. The number of hydrogen-bond donors (Lipinski definition) is 0. The minimum atomic E-state index is 0.0589. The van der Waals surface area contributed by atoms with Crippen molar-refractivity contribution in [2.45, 2.75) is 18.8 Å². The molecule has 2 atom stereocenters. The van der Waals surface area contributed by atoms with Crippen LogP contribution in [0.2, 0.25) is 0 Å². The highest BCUT2D eigenvalue weighted by Gasteiger charge is 2.32. The molecule has 0 saturated carbocycles. The van der Waals surface area contributed by atoms with Gasteiger partial charge in [0.1, 0.15) is 12.3 Å². The molecule has 74 valence electrons. The molecule has 0 N–H and O–H groups in total. The minimum Gasteiger partial charge on any atom is -0.282 e. The van der Waals surface area contributed by atoms with E-state index in [1.807, 2.05) is 21.1 Å². The van der Waals surface area contributed by atoms with Crippen molar-refractivity contribution in [2.75, 3.05) is 34.7 Å². The standard InChI is InChI=1S/C9H18N4/c1-11(2)9-12(3)6-5-8(7-10)13(9)4/h8-9H,5-6H2,1-4H3. The van der Waals surface area contributed by atoms with Gasteiger partial charge < -0.3 is 0 Å². The van der Waals surface area contributed by atoms with Crippen molar-refractivity contribution in [3.63, 3.8) is 0 Å². The molecule has 13 heavy (non-hydrogen) atoms. The summed E-state index contributed by atoms with van der Waals surface area (Å²) in [7, 11) is 8.18. The molecule has 0 spiro atoms. The summed E-state index contributed by atoms with van der Waals surface area (Å²) < 4.78 is 0. The number of nitriles is 1. The molecule has 4 heteroatoms. The summed E-state index contributed by atoms with van der Waals surface area (Å²) in [5.41, 5.74) is 0. The smallest absolute Gasteiger partial charge is 0.119 e. The Balaban J connectivity index is 2.73. The van der Waals surface area contributed by atoms with Crippen LogP contribution in [0.3, 0.4) is 0 Å². The topological polar surface area (TPSA) is 33.5 Å². The summed E-state index contributed by atoms with van der Waals surface area (Å²) in [5, 5.41) is 8.92. The van der Waals surface area contributed by atoms with Crippen LogP contribution >= 0.6 is 0 Å². The van der Waals surface area contributed by atoms with Gasteiger partial charge in [0.05, 0.1) is 6.07 Å². The molecule has 0 radical (unpaired) electrons. The van der Waals surface area contributed by atoms with E-state index in [-0.39, 0.29) is 12.3 Å². The van der Waals surface area contributed by atoms with E-state index in [2.05, 4.69) is 27.8 Å². The van der Waals surface area contributed by atoms with Gasteiger partial charge in [-0.05, 0) is 34.6 Å². The van der Waals surface area contributed by atoms with Crippen LogP contribution in [0.15, 0.2) is 0 Å². The molecule has 2 unspecified atom stereocenters. The number of hydrogen-bond acceptors (Lipinski definition) is 4. The van der Waals surface area contributed by atoms with Crippen LogP contribution in [0, 0.1) is 11.3 Å². The highest BCUT2D eigenvalue weighted by molar-refractivity contribution is 4.95. The van der Waals surface area contributed by atoms with Crippen LogP contribution in [0.25, 0.3) is 0 Å². The molecule has 0 amide bonds. The second-order valence-corrected chi connectivity index (χ2v) is 3.89. The fourth-order valence-electron chi connectivity index (χ4n) is 2.03. The number of rotatable bonds is 1. The summed E-state index contributed by atoms with van der Waals surface area (Å²) in [6.45, 7) is 0.991. The summed E-state index contributed by atoms with van der Waals surface area (Å²) in [6.07, 6.45) is 1.19. The van der Waals surface area contributed by atoms with Gasteiger partial charge in [0.25, 0.3) is 0 Å². The first-order valence-electron chi connectivity index (χ1n) is 4.56. The molecule has 0 aromatic heterocycles. The monoisotopic (exact) mass is 182 g/mol. The Bertz CT molecular complexity index is 208. The molecule has 0 aromatic carbocycles. The Morgan fingerprint density at radius 2 is 2.00 bits per heavy atom. The predicted octanol–water partition coefficient (Wildman–Crippen LogP) is -0.00892. The quantitative estimate of drug-likeness (QED) is 0.571. The first kappa shape index (κ1) is 10.5. The molecule has 1 fully saturated rings. The van der Waals surface area contributed by atoms with Crippen LogP contribution in [-0.2, 0) is 0 Å². The van der Waals surface area contributed by atoms with Crippen molar-refractivity contribution in [3.05, 3.63) is 0 Å². The Labute approximate surface area is 80.3 Å². The van der Waals surface area contributed by atoms with Crippen LogP contribution < -0.4 is 0 Å². The minimum absolute atomic E-state index is 0.0589. The van der Waals surface area contributed by atoms with Crippen molar-refractivity contribution in [1.82, 2.24) is 14.7 Å². The lowest BCUT2D eigenvalue weighted by molar-refractivity contribution is -0.0647. The highest BCUT2D eigenvalue weighted by atomic mass is 15.5. The largest absolute Gasteiger partial charge is 0.282 e. The molecule has 0 bridgehead atoms. The van der Waals surface area contributed by atoms with Crippen molar-refractivity contribution >= 4 is 0 Å². The van der Waals surface area contributed by atoms with E-state index in [4.69, 9.17) is 5.26 Å². The fourth-order valence-corrected chi connectivity index (χ4v) is 2.03. The second-order valence-electron chi connectivity index (χ2n) is 3.89. The van der Waals surface area contributed by atoms with Gasteiger partial charge >= 0.3 is 0 Å². The lowest BCUT2D eigenvalue weighted by Crippen LogP contribution is -2.60. The van der Waals surface area contributed by atoms with Crippen LogP contribution in [0.4, 0.5) is 0 Å². The van der Waals surface area contributed by atoms with E-state index in [1.54, 1.807) is 0 Å². The van der Waals surface area contributed by atoms with Crippen LogP contribution in [-0.4, -0.2) is 61.8 Å². The van der Waals surface area contributed by atoms with Gasteiger partial charge in [0.2, 0.25) is 0 Å². The highest BCUT2D eigenvalue weighted by Crippen LogP contribution is 2.17. The number of nitrogens with zero attached hydrogens (tertiary/aromatic N) is 4. The Morgan fingerprint density at radius 3 is 2.46 bits per heavy atom. The van der Waals surface area contributed by atoms with Gasteiger partial charge in [0.15, 0.2) is 0 Å². The van der Waals surface area contributed by atoms with E-state index in [0.717, 1.165) is 13.0 Å². The third-order valence-electron chi connectivity index (χ3n) is 2.62. The summed E-state index contributed by atoms with van der Waals surface area (Å²) in [4.78, 5) is 6.50. The molecular formula is C9H18N4. The van der Waals surface area contributed by atoms with Crippen LogP contribution in [0.1, 0.15) is 6.42 Å². The lowest BCUT2D eigenvalue weighted by Gasteiger charge is -2.45. The normalized spacial score (nSPS) is 32.0. The molecule has 4 nitrogen and oxygen atoms in total. The van der Waals surface area contributed by atoms with Crippen molar-refractivity contribution in [2.24, 2.45) is 0 Å². The molecule has 1 heterocycles. The third kappa shape index (κ3) is 1.99. The first-order valence-corrected chi connectivity index (χ1v) is 4.56. The molecule has 0 aromatic rings. The molecule has 1 saturated heterocycles. The van der Waals surface area contributed by atoms with E-state index in [1.165, 1.54) is 0 Å². The average Bonchev–Trinajstić information content (AvgIpc) is 2.04. The van der Waals surface area contributed by atoms with Gasteiger partial charge in [-0.1, -0.05) is 0 Å². The van der Waals surface area contributed by atoms with E-state index in [9.17, 15) is 0 Å². The van der Waals surface area contributed by atoms with Gasteiger partial charge in [-0.25, -0.2) is 0 Å². The van der Waals surface area contributed by atoms with Gasteiger partial charge in [-0.15, -0.1) is 0 Å². The maximum Gasteiger partial charge on any atom is 0.119 e. The third-order valence-corrected chi connectivity index (χ3v) is 2.62. The Kier molecular flexibility index (Phi) is 3.26. The predicted molar refractivity (Wildman–Crippen MR) is 51.9 cm³/mol. The molecule has 1 rings (SSSR count). The van der Waals surface area contributed by atoms with E-state index < -0.39 is 0 Å². The summed E-state index contributed by atoms with van der Waals surface area (Å²) in [6, 6.07) is 2.39. The summed E-state index contributed by atoms with van der Waals surface area (Å²) >= 11 is 0. The Morgan fingerprint density at radius 1 is 1.38 bits per heavy atom. The van der Waals surface area contributed by atoms with E-state index >= 15 is 0 Å². The van der Waals surface area contributed by atoms with Gasteiger partial charge in [-0.3, -0.25) is 14.7 Å².